The molecule has 2 rings (SSSR count). The maximum Gasteiger partial charge on any atom is 0.221 e. The molecule has 1 aromatic rings. The van der Waals surface area contributed by atoms with Gasteiger partial charge < -0.3 is 15.0 Å². The molecule has 140 valence electrons. The number of ether oxygens (including phenoxy) is 1. The van der Waals surface area contributed by atoms with Crippen LogP contribution in [0.3, 0.4) is 0 Å². The van der Waals surface area contributed by atoms with E-state index >= 15 is 0 Å². The standard InChI is InChI=1S/C17H27N3O4S/c1-19-10-12-20(13-11-19)25(22,23)14-8-17(21)18-9-7-15-3-5-16(24-2)6-4-15/h3-6H,7-14H2,1-2H3,(H,18,21). The lowest BCUT2D eigenvalue weighted by Gasteiger charge is -2.31. The first-order chi connectivity index (χ1) is 11.9. The molecule has 1 fully saturated rings. The van der Waals surface area contributed by atoms with Crippen LogP contribution in [-0.2, 0) is 21.2 Å². The topological polar surface area (TPSA) is 78.9 Å². The van der Waals surface area contributed by atoms with E-state index in [1.165, 1.54) is 4.31 Å². The maximum atomic E-state index is 12.3. The van der Waals surface area contributed by atoms with Crippen molar-refractivity contribution in [3.05, 3.63) is 29.8 Å². The van der Waals surface area contributed by atoms with Crippen molar-refractivity contribution in [1.29, 1.82) is 0 Å². The van der Waals surface area contributed by atoms with E-state index in [2.05, 4.69) is 10.2 Å². The van der Waals surface area contributed by atoms with Crippen LogP contribution < -0.4 is 10.1 Å². The average Bonchev–Trinajstić information content (AvgIpc) is 2.61. The van der Waals surface area contributed by atoms with Crippen LogP contribution in [0.5, 0.6) is 5.75 Å². The molecular weight excluding hydrogens is 342 g/mol. The number of piperazine rings is 1. The van der Waals surface area contributed by atoms with E-state index < -0.39 is 10.0 Å². The quantitative estimate of drug-likeness (QED) is 0.714. The molecule has 8 heteroatoms. The van der Waals surface area contributed by atoms with Crippen molar-refractivity contribution < 1.29 is 17.9 Å². The number of hydrogen-bond acceptors (Lipinski definition) is 5. The highest BCUT2D eigenvalue weighted by atomic mass is 32.2. The minimum atomic E-state index is -3.35. The van der Waals surface area contributed by atoms with E-state index in [1.54, 1.807) is 7.11 Å². The van der Waals surface area contributed by atoms with Gasteiger partial charge in [0.25, 0.3) is 0 Å². The second-order valence-corrected chi connectivity index (χ2v) is 8.30. The Morgan fingerprint density at radius 1 is 1.16 bits per heavy atom. The molecule has 0 aromatic heterocycles. The smallest absolute Gasteiger partial charge is 0.221 e. The number of carbonyl (C=O) groups is 1. The van der Waals surface area contributed by atoms with Crippen molar-refractivity contribution >= 4 is 15.9 Å². The third-order valence-corrected chi connectivity index (χ3v) is 6.21. The van der Waals surface area contributed by atoms with Crippen molar-refractivity contribution in [1.82, 2.24) is 14.5 Å². The van der Waals surface area contributed by atoms with Gasteiger partial charge in [-0.3, -0.25) is 4.79 Å². The Balaban J connectivity index is 1.69. The monoisotopic (exact) mass is 369 g/mol. The fraction of sp³-hybridized carbons (Fsp3) is 0.588. The number of methoxy groups -OCH3 is 1. The SMILES string of the molecule is COc1ccc(CCNC(=O)CCS(=O)(=O)N2CCN(C)CC2)cc1. The van der Waals surface area contributed by atoms with E-state index in [0.717, 1.165) is 24.4 Å². The predicted molar refractivity (Wildman–Crippen MR) is 97.2 cm³/mol. The number of sulfonamides is 1. The van der Waals surface area contributed by atoms with E-state index in [9.17, 15) is 13.2 Å². The Bertz CT molecular complexity index is 653. The molecule has 1 aromatic carbocycles. The third-order valence-electron chi connectivity index (χ3n) is 4.34. The van der Waals surface area contributed by atoms with Crippen molar-refractivity contribution in [3.8, 4) is 5.75 Å². The molecule has 1 saturated heterocycles. The van der Waals surface area contributed by atoms with Crippen LogP contribution in [0.2, 0.25) is 0 Å². The lowest BCUT2D eigenvalue weighted by Crippen LogP contribution is -2.48. The van der Waals surface area contributed by atoms with E-state index in [4.69, 9.17) is 4.74 Å². The molecule has 0 bridgehead atoms. The van der Waals surface area contributed by atoms with Crippen LogP contribution >= 0.6 is 0 Å². The summed E-state index contributed by atoms with van der Waals surface area (Å²) >= 11 is 0. The first-order valence-electron chi connectivity index (χ1n) is 8.47. The van der Waals surface area contributed by atoms with Crippen LogP contribution in [0.1, 0.15) is 12.0 Å². The van der Waals surface area contributed by atoms with Gasteiger partial charge in [-0.15, -0.1) is 0 Å². The summed E-state index contributed by atoms with van der Waals surface area (Å²) in [7, 11) is 0.234. The number of rotatable bonds is 8. The number of amides is 1. The zero-order valence-electron chi connectivity index (χ0n) is 14.9. The predicted octanol–water partition coefficient (Wildman–Crippen LogP) is 0.321. The highest BCUT2D eigenvalue weighted by molar-refractivity contribution is 7.89. The Morgan fingerprint density at radius 3 is 2.40 bits per heavy atom. The number of hydrogen-bond donors (Lipinski definition) is 1. The molecule has 0 radical (unpaired) electrons. The number of nitrogens with zero attached hydrogens (tertiary/aromatic N) is 2. The summed E-state index contributed by atoms with van der Waals surface area (Å²) in [5.74, 6) is 0.429. The van der Waals surface area contributed by atoms with Gasteiger partial charge in [-0.05, 0) is 31.2 Å². The van der Waals surface area contributed by atoms with Crippen LogP contribution in [0.15, 0.2) is 24.3 Å². The Hall–Kier alpha value is -1.64. The van der Waals surface area contributed by atoms with Gasteiger partial charge in [-0.2, -0.15) is 4.31 Å². The van der Waals surface area contributed by atoms with Crippen LogP contribution in [0.4, 0.5) is 0 Å². The zero-order chi connectivity index (χ0) is 18.3. The maximum absolute atomic E-state index is 12.3. The Morgan fingerprint density at radius 2 is 1.80 bits per heavy atom. The molecule has 1 aliphatic rings. The highest BCUT2D eigenvalue weighted by Gasteiger charge is 2.25. The summed E-state index contributed by atoms with van der Waals surface area (Å²) < 4.78 is 31.1. The molecule has 25 heavy (non-hydrogen) atoms. The molecule has 0 saturated carbocycles. The van der Waals surface area contributed by atoms with E-state index in [-0.39, 0.29) is 18.1 Å². The molecule has 1 amide bonds. The minimum Gasteiger partial charge on any atom is -0.497 e. The molecule has 0 atom stereocenters. The van der Waals surface area contributed by atoms with Crippen molar-refractivity contribution in [2.45, 2.75) is 12.8 Å². The van der Waals surface area contributed by atoms with Gasteiger partial charge in [0, 0.05) is 39.1 Å². The van der Waals surface area contributed by atoms with Gasteiger partial charge in [0.05, 0.1) is 12.9 Å². The lowest BCUT2D eigenvalue weighted by molar-refractivity contribution is -0.120. The van der Waals surface area contributed by atoms with Gasteiger partial charge >= 0.3 is 0 Å². The summed E-state index contributed by atoms with van der Waals surface area (Å²) in [6, 6.07) is 7.64. The van der Waals surface area contributed by atoms with Gasteiger partial charge in [0.2, 0.25) is 15.9 Å². The van der Waals surface area contributed by atoms with Crippen molar-refractivity contribution in [3.63, 3.8) is 0 Å². The highest BCUT2D eigenvalue weighted by Crippen LogP contribution is 2.11. The largest absolute Gasteiger partial charge is 0.497 e. The Kier molecular flexibility index (Phi) is 7.22. The van der Waals surface area contributed by atoms with Gasteiger partial charge in [-0.25, -0.2) is 8.42 Å². The van der Waals surface area contributed by atoms with Gasteiger partial charge in [-0.1, -0.05) is 12.1 Å². The molecule has 0 unspecified atom stereocenters. The fourth-order valence-electron chi connectivity index (χ4n) is 2.64. The van der Waals surface area contributed by atoms with Crippen LogP contribution in [-0.4, -0.2) is 76.2 Å². The molecule has 0 spiro atoms. The summed E-state index contributed by atoms with van der Waals surface area (Å²) in [4.78, 5) is 14.0. The Labute approximate surface area is 150 Å². The molecule has 0 aliphatic carbocycles. The normalized spacial score (nSPS) is 16.6. The van der Waals surface area contributed by atoms with Gasteiger partial charge in [0.1, 0.15) is 5.75 Å². The summed E-state index contributed by atoms with van der Waals surface area (Å²) in [5.41, 5.74) is 1.09. The van der Waals surface area contributed by atoms with Crippen molar-refractivity contribution in [2.75, 3.05) is 52.6 Å². The molecule has 7 nitrogen and oxygen atoms in total. The summed E-state index contributed by atoms with van der Waals surface area (Å²) in [5, 5.41) is 2.78. The average molecular weight is 369 g/mol. The number of likely N-dealkylation sites (N-methyl/N-ethyl adjacent to an activating group) is 1. The number of carbonyl (C=O) groups excluding carboxylic acids is 1. The minimum absolute atomic E-state index is 0.00269. The summed E-state index contributed by atoms with van der Waals surface area (Å²) in [6.45, 7) is 2.94. The molecule has 1 aliphatic heterocycles. The lowest BCUT2D eigenvalue weighted by atomic mass is 10.1. The molecule has 1 N–H and O–H groups in total. The van der Waals surface area contributed by atoms with Crippen molar-refractivity contribution in [2.24, 2.45) is 0 Å². The van der Waals surface area contributed by atoms with Crippen LogP contribution in [0, 0.1) is 0 Å². The first kappa shape index (κ1) is 19.7. The van der Waals surface area contributed by atoms with E-state index in [1.807, 2.05) is 31.3 Å². The van der Waals surface area contributed by atoms with E-state index in [0.29, 0.717) is 26.1 Å². The third kappa shape index (κ3) is 6.30. The number of benzene rings is 1. The van der Waals surface area contributed by atoms with Gasteiger partial charge in [0.15, 0.2) is 0 Å². The first-order valence-corrected chi connectivity index (χ1v) is 10.1. The summed E-state index contributed by atoms with van der Waals surface area (Å²) in [6.07, 6.45) is 0.693. The van der Waals surface area contributed by atoms with Crippen LogP contribution in [0.25, 0.3) is 0 Å². The fourth-order valence-corrected chi connectivity index (χ4v) is 4.07. The number of nitrogens with one attached hydrogen (secondary N) is 1. The second-order valence-electron chi connectivity index (χ2n) is 6.22. The molecular formula is C17H27N3O4S. The molecule has 1 heterocycles. The zero-order valence-corrected chi connectivity index (χ0v) is 15.7. The second kappa shape index (κ2) is 9.17.